The number of carbonyl (C=O) groups is 1. The summed E-state index contributed by atoms with van der Waals surface area (Å²) in [5, 5.41) is 15.7. The molecule has 0 aliphatic carbocycles. The van der Waals surface area contributed by atoms with Crippen molar-refractivity contribution in [3.63, 3.8) is 0 Å². The van der Waals surface area contributed by atoms with Gasteiger partial charge in [-0.25, -0.2) is 4.68 Å². The number of hydrogen-bond donors (Lipinski definition) is 2. The number of nitrogens with zero attached hydrogens (tertiary/aromatic N) is 2. The average Bonchev–Trinajstić information content (AvgIpc) is 2.77. The van der Waals surface area contributed by atoms with Gasteiger partial charge < -0.3 is 10.4 Å². The van der Waals surface area contributed by atoms with Gasteiger partial charge in [0.2, 0.25) is 0 Å². The van der Waals surface area contributed by atoms with Crippen molar-refractivity contribution in [1.82, 2.24) is 15.1 Å². The Balaban J connectivity index is 2.33. The van der Waals surface area contributed by atoms with Crippen LogP contribution in [0, 0.1) is 20.8 Å². The maximum Gasteiger partial charge on any atom is 0.271 e. The number of benzene rings is 1. The Bertz CT molecular complexity index is 612. The Morgan fingerprint density at radius 1 is 1.20 bits per heavy atom. The molecule has 0 radical (unpaired) electrons. The van der Waals surface area contributed by atoms with Crippen molar-refractivity contribution in [3.05, 3.63) is 46.8 Å². The van der Waals surface area contributed by atoms with Gasteiger partial charge in [0.25, 0.3) is 5.91 Å². The Labute approximate surface area is 118 Å². The zero-order valence-corrected chi connectivity index (χ0v) is 12.0. The predicted octanol–water partition coefficient (Wildman–Crippen LogP) is 1.52. The fraction of sp³-hybridized carbons (Fsp3) is 0.333. The van der Waals surface area contributed by atoms with Crippen molar-refractivity contribution in [2.45, 2.75) is 20.8 Å². The molecular weight excluding hydrogens is 254 g/mol. The van der Waals surface area contributed by atoms with Crippen molar-refractivity contribution in [1.29, 1.82) is 0 Å². The van der Waals surface area contributed by atoms with Crippen LogP contribution in [0.25, 0.3) is 5.69 Å². The van der Waals surface area contributed by atoms with Crippen LogP contribution in [-0.4, -0.2) is 33.9 Å². The van der Waals surface area contributed by atoms with Crippen LogP contribution in [0.3, 0.4) is 0 Å². The maximum absolute atomic E-state index is 11.8. The van der Waals surface area contributed by atoms with Gasteiger partial charge >= 0.3 is 0 Å². The highest BCUT2D eigenvalue weighted by Crippen LogP contribution is 2.16. The summed E-state index contributed by atoms with van der Waals surface area (Å²) < 4.78 is 1.76. The third-order valence-corrected chi connectivity index (χ3v) is 2.97. The van der Waals surface area contributed by atoms with E-state index >= 15 is 0 Å². The Kier molecular flexibility index (Phi) is 4.20. The third kappa shape index (κ3) is 3.05. The molecule has 0 aliphatic heterocycles. The van der Waals surface area contributed by atoms with Crippen LogP contribution in [0.4, 0.5) is 0 Å². The monoisotopic (exact) mass is 273 g/mol. The van der Waals surface area contributed by atoms with E-state index in [0.717, 1.165) is 22.5 Å². The van der Waals surface area contributed by atoms with Crippen LogP contribution in [0.1, 0.15) is 27.3 Å². The molecule has 0 saturated heterocycles. The molecule has 0 bridgehead atoms. The molecule has 2 N–H and O–H groups in total. The quantitative estimate of drug-likeness (QED) is 0.887. The summed E-state index contributed by atoms with van der Waals surface area (Å²) in [6, 6.07) is 7.90. The van der Waals surface area contributed by atoms with Crippen LogP contribution < -0.4 is 5.32 Å². The molecule has 0 fully saturated rings. The van der Waals surface area contributed by atoms with Gasteiger partial charge in [-0.1, -0.05) is 6.07 Å². The summed E-state index contributed by atoms with van der Waals surface area (Å²) in [4.78, 5) is 11.8. The van der Waals surface area contributed by atoms with Crippen molar-refractivity contribution in [3.8, 4) is 5.69 Å². The van der Waals surface area contributed by atoms with Gasteiger partial charge in [-0.2, -0.15) is 5.10 Å². The second-order valence-corrected chi connectivity index (χ2v) is 4.91. The zero-order chi connectivity index (χ0) is 14.7. The maximum atomic E-state index is 11.8. The molecule has 5 nitrogen and oxygen atoms in total. The molecule has 0 saturated carbocycles. The van der Waals surface area contributed by atoms with Crippen molar-refractivity contribution < 1.29 is 9.90 Å². The number of nitrogens with one attached hydrogen (secondary N) is 1. The van der Waals surface area contributed by atoms with E-state index in [1.807, 2.05) is 32.9 Å². The lowest BCUT2D eigenvalue weighted by molar-refractivity contribution is 0.0939. The van der Waals surface area contributed by atoms with Crippen molar-refractivity contribution >= 4 is 5.91 Å². The number of rotatable bonds is 4. The van der Waals surface area contributed by atoms with Gasteiger partial charge in [0, 0.05) is 12.2 Å². The number of aromatic nitrogens is 2. The van der Waals surface area contributed by atoms with E-state index in [0.29, 0.717) is 5.69 Å². The molecule has 106 valence electrons. The number of amides is 1. The zero-order valence-electron chi connectivity index (χ0n) is 12.0. The van der Waals surface area contributed by atoms with Crippen LogP contribution in [0.5, 0.6) is 0 Å². The lowest BCUT2D eigenvalue weighted by atomic mass is 10.1. The molecule has 0 aliphatic rings. The summed E-state index contributed by atoms with van der Waals surface area (Å²) in [7, 11) is 0. The normalized spacial score (nSPS) is 10.6. The molecule has 0 spiro atoms. The fourth-order valence-electron chi connectivity index (χ4n) is 2.18. The van der Waals surface area contributed by atoms with Gasteiger partial charge in [-0.3, -0.25) is 4.79 Å². The van der Waals surface area contributed by atoms with Gasteiger partial charge in [0.05, 0.1) is 12.3 Å². The second-order valence-electron chi connectivity index (χ2n) is 4.91. The van der Waals surface area contributed by atoms with E-state index in [4.69, 9.17) is 5.11 Å². The molecule has 0 atom stereocenters. The van der Waals surface area contributed by atoms with Crippen LogP contribution in [0.2, 0.25) is 0 Å². The highest BCUT2D eigenvalue weighted by molar-refractivity contribution is 5.92. The van der Waals surface area contributed by atoms with E-state index in [1.54, 1.807) is 10.7 Å². The molecule has 1 amide bonds. The molecule has 0 unspecified atom stereocenters. The number of carbonyl (C=O) groups excluding carboxylic acids is 1. The third-order valence-electron chi connectivity index (χ3n) is 2.97. The topological polar surface area (TPSA) is 67.2 Å². The van der Waals surface area contributed by atoms with Gasteiger partial charge in [-0.05, 0) is 50.1 Å². The molecule has 5 heteroatoms. The smallest absolute Gasteiger partial charge is 0.271 e. The average molecular weight is 273 g/mol. The van der Waals surface area contributed by atoms with E-state index in [-0.39, 0.29) is 19.1 Å². The van der Waals surface area contributed by atoms with Crippen LogP contribution in [0.15, 0.2) is 24.3 Å². The number of aliphatic hydroxyl groups excluding tert-OH is 1. The van der Waals surface area contributed by atoms with Crippen molar-refractivity contribution in [2.75, 3.05) is 13.2 Å². The van der Waals surface area contributed by atoms with Crippen molar-refractivity contribution in [2.24, 2.45) is 0 Å². The molecule has 1 heterocycles. The molecule has 1 aromatic carbocycles. The molecule has 20 heavy (non-hydrogen) atoms. The Morgan fingerprint density at radius 2 is 1.85 bits per heavy atom. The predicted molar refractivity (Wildman–Crippen MR) is 77.2 cm³/mol. The number of hydrogen-bond acceptors (Lipinski definition) is 3. The molecule has 2 rings (SSSR count). The lowest BCUT2D eigenvalue weighted by Crippen LogP contribution is -2.26. The summed E-state index contributed by atoms with van der Waals surface area (Å²) in [6.45, 7) is 6.12. The van der Waals surface area contributed by atoms with Gasteiger partial charge in [-0.15, -0.1) is 0 Å². The van der Waals surface area contributed by atoms with E-state index in [2.05, 4.69) is 16.5 Å². The summed E-state index contributed by atoms with van der Waals surface area (Å²) in [6.07, 6.45) is 0. The minimum absolute atomic E-state index is 0.0808. The van der Waals surface area contributed by atoms with E-state index in [9.17, 15) is 4.79 Å². The number of aryl methyl sites for hydroxylation is 3. The molecule has 1 aromatic heterocycles. The first kappa shape index (κ1) is 14.3. The Hall–Kier alpha value is -2.14. The fourth-order valence-corrected chi connectivity index (χ4v) is 2.18. The minimum atomic E-state index is -0.273. The number of aliphatic hydroxyl groups is 1. The van der Waals surface area contributed by atoms with Crippen LogP contribution in [-0.2, 0) is 0 Å². The molecule has 2 aromatic rings. The van der Waals surface area contributed by atoms with E-state index in [1.165, 1.54) is 0 Å². The summed E-state index contributed by atoms with van der Waals surface area (Å²) in [5.74, 6) is -0.273. The molecular formula is C15H19N3O2. The first-order valence-corrected chi connectivity index (χ1v) is 6.55. The highest BCUT2D eigenvalue weighted by Gasteiger charge is 2.13. The van der Waals surface area contributed by atoms with E-state index < -0.39 is 0 Å². The first-order valence-electron chi connectivity index (χ1n) is 6.55. The van der Waals surface area contributed by atoms with Gasteiger partial charge in [0.15, 0.2) is 5.69 Å². The van der Waals surface area contributed by atoms with Crippen LogP contribution >= 0.6 is 0 Å². The second kappa shape index (κ2) is 5.88. The highest BCUT2D eigenvalue weighted by atomic mass is 16.3. The van der Waals surface area contributed by atoms with Gasteiger partial charge in [0.1, 0.15) is 0 Å². The SMILES string of the molecule is Cc1cc(C)cc(-n2nc(C(=O)NCCO)cc2C)c1. The summed E-state index contributed by atoms with van der Waals surface area (Å²) >= 11 is 0. The largest absolute Gasteiger partial charge is 0.395 e. The minimum Gasteiger partial charge on any atom is -0.395 e. The standard InChI is InChI=1S/C15H19N3O2/c1-10-6-11(2)8-13(7-10)18-12(3)9-14(17-18)15(20)16-4-5-19/h6-9,19H,4-5H2,1-3H3,(H,16,20). The lowest BCUT2D eigenvalue weighted by Gasteiger charge is -2.07. The first-order chi connectivity index (χ1) is 9.51. The summed E-state index contributed by atoms with van der Waals surface area (Å²) in [5.41, 5.74) is 4.50. The Morgan fingerprint density at radius 3 is 2.45 bits per heavy atom.